The molecular formula is C25H26ClNO4S. The van der Waals surface area contributed by atoms with Gasteiger partial charge in [0.05, 0.1) is 13.2 Å². The van der Waals surface area contributed by atoms with Crippen molar-refractivity contribution in [2.45, 2.75) is 33.6 Å². The van der Waals surface area contributed by atoms with E-state index < -0.39 is 5.97 Å². The van der Waals surface area contributed by atoms with Gasteiger partial charge < -0.3 is 14.8 Å². The standard InChI is InChI=1S/C25H26ClNO4S/c1-4-30-25(29)23-20(18-9-7-16(2)8-10-18)15-32-24(23)27-22(28)6-5-13-31-19-11-12-21(26)17(3)14-19/h7-12,14-15H,4-6,13H2,1-3H3,(H,27,28). The number of rotatable bonds is 9. The number of hydrogen-bond acceptors (Lipinski definition) is 5. The van der Waals surface area contributed by atoms with Gasteiger partial charge in [-0.15, -0.1) is 11.3 Å². The van der Waals surface area contributed by atoms with Crippen molar-refractivity contribution in [2.75, 3.05) is 18.5 Å². The Kier molecular flexibility index (Phi) is 8.31. The number of hydrogen-bond donors (Lipinski definition) is 1. The second-order valence-electron chi connectivity index (χ2n) is 7.35. The van der Waals surface area contributed by atoms with Crippen LogP contribution in [-0.4, -0.2) is 25.1 Å². The SMILES string of the molecule is CCOC(=O)c1c(-c2ccc(C)cc2)csc1NC(=O)CCCOc1ccc(Cl)c(C)c1. The molecule has 0 saturated carbocycles. The third kappa shape index (κ3) is 6.11. The fourth-order valence-electron chi connectivity index (χ4n) is 3.12. The molecular weight excluding hydrogens is 446 g/mol. The molecule has 0 radical (unpaired) electrons. The third-order valence-electron chi connectivity index (χ3n) is 4.83. The smallest absolute Gasteiger partial charge is 0.341 e. The number of amides is 1. The lowest BCUT2D eigenvalue weighted by molar-refractivity contribution is -0.116. The normalized spacial score (nSPS) is 10.6. The summed E-state index contributed by atoms with van der Waals surface area (Å²) in [5, 5.41) is 5.93. The van der Waals surface area contributed by atoms with Gasteiger partial charge in [-0.05, 0) is 56.5 Å². The van der Waals surface area contributed by atoms with Crippen molar-refractivity contribution >= 4 is 39.8 Å². The van der Waals surface area contributed by atoms with E-state index in [2.05, 4.69) is 5.32 Å². The summed E-state index contributed by atoms with van der Waals surface area (Å²) in [4.78, 5) is 25.2. The van der Waals surface area contributed by atoms with Crippen molar-refractivity contribution in [1.29, 1.82) is 0 Å². The van der Waals surface area contributed by atoms with Crippen molar-refractivity contribution < 1.29 is 19.1 Å². The number of nitrogens with one attached hydrogen (secondary N) is 1. The predicted molar refractivity (Wildman–Crippen MR) is 130 cm³/mol. The van der Waals surface area contributed by atoms with E-state index >= 15 is 0 Å². The maximum Gasteiger partial charge on any atom is 0.341 e. The summed E-state index contributed by atoms with van der Waals surface area (Å²) >= 11 is 7.34. The number of halogens is 1. The van der Waals surface area contributed by atoms with Gasteiger partial charge in [0, 0.05) is 22.4 Å². The van der Waals surface area contributed by atoms with Gasteiger partial charge in [0.25, 0.3) is 0 Å². The van der Waals surface area contributed by atoms with Gasteiger partial charge in [0.15, 0.2) is 0 Å². The molecule has 7 heteroatoms. The van der Waals surface area contributed by atoms with E-state index in [4.69, 9.17) is 21.1 Å². The van der Waals surface area contributed by atoms with E-state index in [1.165, 1.54) is 11.3 Å². The van der Waals surface area contributed by atoms with Crippen LogP contribution in [0.4, 0.5) is 5.00 Å². The quantitative estimate of drug-likeness (QED) is 0.280. The van der Waals surface area contributed by atoms with E-state index in [0.29, 0.717) is 28.6 Å². The molecule has 0 aliphatic rings. The lowest BCUT2D eigenvalue weighted by Gasteiger charge is -2.10. The van der Waals surface area contributed by atoms with Gasteiger partial charge in [0.2, 0.25) is 5.91 Å². The highest BCUT2D eigenvalue weighted by molar-refractivity contribution is 7.15. The Morgan fingerprint density at radius 3 is 2.53 bits per heavy atom. The molecule has 3 rings (SSSR count). The van der Waals surface area contributed by atoms with E-state index in [-0.39, 0.29) is 18.9 Å². The number of thiophene rings is 1. The topological polar surface area (TPSA) is 64.6 Å². The van der Waals surface area contributed by atoms with Gasteiger partial charge in [-0.2, -0.15) is 0 Å². The number of esters is 1. The zero-order valence-electron chi connectivity index (χ0n) is 18.4. The molecule has 168 valence electrons. The van der Waals surface area contributed by atoms with Crippen LogP contribution in [0.25, 0.3) is 11.1 Å². The number of carbonyl (C=O) groups is 2. The largest absolute Gasteiger partial charge is 0.494 e. The molecule has 3 aromatic rings. The molecule has 1 heterocycles. The van der Waals surface area contributed by atoms with Gasteiger partial charge in [-0.25, -0.2) is 4.79 Å². The second-order valence-corrected chi connectivity index (χ2v) is 8.64. The van der Waals surface area contributed by atoms with Gasteiger partial charge in [0.1, 0.15) is 16.3 Å². The fourth-order valence-corrected chi connectivity index (χ4v) is 4.21. The number of ether oxygens (including phenoxy) is 2. The minimum atomic E-state index is -0.443. The molecule has 1 aromatic heterocycles. The summed E-state index contributed by atoms with van der Waals surface area (Å²) < 4.78 is 10.9. The summed E-state index contributed by atoms with van der Waals surface area (Å²) in [5.74, 6) is 0.0997. The molecule has 2 aromatic carbocycles. The van der Waals surface area contributed by atoms with Crippen molar-refractivity contribution in [3.63, 3.8) is 0 Å². The van der Waals surface area contributed by atoms with E-state index in [1.807, 2.05) is 49.6 Å². The summed E-state index contributed by atoms with van der Waals surface area (Å²) in [6.45, 7) is 6.34. The zero-order chi connectivity index (χ0) is 23.1. The summed E-state index contributed by atoms with van der Waals surface area (Å²) in [6.07, 6.45) is 0.811. The number of aryl methyl sites for hydroxylation is 2. The first-order valence-corrected chi connectivity index (χ1v) is 11.7. The molecule has 32 heavy (non-hydrogen) atoms. The molecule has 0 bridgehead atoms. The molecule has 5 nitrogen and oxygen atoms in total. The summed E-state index contributed by atoms with van der Waals surface area (Å²) in [5.41, 5.74) is 4.12. The number of carbonyl (C=O) groups excluding carboxylic acids is 2. The highest BCUT2D eigenvalue weighted by Gasteiger charge is 2.22. The lowest BCUT2D eigenvalue weighted by atomic mass is 10.0. The lowest BCUT2D eigenvalue weighted by Crippen LogP contribution is -2.15. The molecule has 0 spiro atoms. The maximum atomic E-state index is 12.6. The Hall–Kier alpha value is -2.83. The zero-order valence-corrected chi connectivity index (χ0v) is 19.9. The Labute approximate surface area is 197 Å². The Balaban J connectivity index is 1.63. The molecule has 0 unspecified atom stereocenters. The predicted octanol–water partition coefficient (Wildman–Crippen LogP) is 6.66. The van der Waals surface area contributed by atoms with Crippen molar-refractivity contribution in [2.24, 2.45) is 0 Å². The van der Waals surface area contributed by atoms with Crippen LogP contribution in [0.5, 0.6) is 5.75 Å². The van der Waals surface area contributed by atoms with Crippen LogP contribution in [0, 0.1) is 13.8 Å². The Morgan fingerprint density at radius 2 is 1.84 bits per heavy atom. The van der Waals surface area contributed by atoms with Crippen LogP contribution in [0.3, 0.4) is 0 Å². The molecule has 0 saturated heterocycles. The molecule has 0 aliphatic carbocycles. The maximum absolute atomic E-state index is 12.6. The van der Waals surface area contributed by atoms with Crippen LogP contribution in [0.1, 0.15) is 41.3 Å². The number of anilines is 1. The fraction of sp³-hybridized carbons (Fsp3) is 0.280. The molecule has 1 amide bonds. The van der Waals surface area contributed by atoms with E-state index in [1.54, 1.807) is 19.1 Å². The minimum Gasteiger partial charge on any atom is -0.494 e. The van der Waals surface area contributed by atoms with E-state index in [9.17, 15) is 9.59 Å². The van der Waals surface area contributed by atoms with Crippen LogP contribution in [0.15, 0.2) is 47.8 Å². The van der Waals surface area contributed by atoms with Crippen LogP contribution < -0.4 is 10.1 Å². The van der Waals surface area contributed by atoms with Crippen LogP contribution in [0.2, 0.25) is 5.02 Å². The minimum absolute atomic E-state index is 0.177. The average Bonchev–Trinajstić information content (AvgIpc) is 3.18. The third-order valence-corrected chi connectivity index (χ3v) is 6.15. The first-order chi connectivity index (χ1) is 15.4. The second kappa shape index (κ2) is 11.2. The molecule has 0 aliphatic heterocycles. The van der Waals surface area contributed by atoms with Crippen molar-refractivity contribution in [3.8, 4) is 16.9 Å². The van der Waals surface area contributed by atoms with Gasteiger partial charge in [-0.3, -0.25) is 4.79 Å². The molecule has 1 N–H and O–H groups in total. The first kappa shape index (κ1) is 23.8. The molecule has 0 fully saturated rings. The van der Waals surface area contributed by atoms with Crippen molar-refractivity contribution in [1.82, 2.24) is 0 Å². The van der Waals surface area contributed by atoms with E-state index in [0.717, 1.165) is 28.0 Å². The van der Waals surface area contributed by atoms with Crippen molar-refractivity contribution in [3.05, 3.63) is 69.6 Å². The Morgan fingerprint density at radius 1 is 1.09 bits per heavy atom. The van der Waals surface area contributed by atoms with Gasteiger partial charge >= 0.3 is 5.97 Å². The van der Waals surface area contributed by atoms with Gasteiger partial charge in [-0.1, -0.05) is 41.4 Å². The highest BCUT2D eigenvalue weighted by atomic mass is 35.5. The molecule has 0 atom stereocenters. The number of benzene rings is 2. The Bertz CT molecular complexity index is 1090. The summed E-state index contributed by atoms with van der Waals surface area (Å²) in [6, 6.07) is 13.4. The van der Waals surface area contributed by atoms with Crippen LogP contribution >= 0.6 is 22.9 Å². The first-order valence-electron chi connectivity index (χ1n) is 10.4. The average molecular weight is 472 g/mol. The van der Waals surface area contributed by atoms with Crippen LogP contribution in [-0.2, 0) is 9.53 Å². The monoisotopic (exact) mass is 471 g/mol. The summed E-state index contributed by atoms with van der Waals surface area (Å²) in [7, 11) is 0. The highest BCUT2D eigenvalue weighted by Crippen LogP contribution is 2.36.